The zero-order valence-electron chi connectivity index (χ0n) is 10.8. The highest BCUT2D eigenvalue weighted by Gasteiger charge is 2.35. The lowest BCUT2D eigenvalue weighted by molar-refractivity contribution is -0.140. The minimum Gasteiger partial charge on any atom is -0.339 e. The zero-order valence-corrected chi connectivity index (χ0v) is 10.8. The largest absolute Gasteiger partial charge is 0.339 e. The first kappa shape index (κ1) is 12.4. The van der Waals surface area contributed by atoms with E-state index in [0.717, 1.165) is 25.9 Å². The van der Waals surface area contributed by atoms with Crippen LogP contribution in [0.25, 0.3) is 0 Å². The van der Waals surface area contributed by atoms with E-state index < -0.39 is 0 Å². The fourth-order valence-corrected chi connectivity index (χ4v) is 2.24. The molecule has 0 aromatic rings. The van der Waals surface area contributed by atoms with E-state index in [1.54, 1.807) is 0 Å². The summed E-state index contributed by atoms with van der Waals surface area (Å²) in [4.78, 5) is 27.5. The SMILES string of the molecule is CC(C)CC(=O)N1CCN(C(=O)C2CC2)CC1. The predicted molar refractivity (Wildman–Crippen MR) is 65.3 cm³/mol. The molecule has 0 bridgehead atoms. The van der Waals surface area contributed by atoms with Crippen LogP contribution in [0, 0.1) is 11.8 Å². The van der Waals surface area contributed by atoms with E-state index >= 15 is 0 Å². The van der Waals surface area contributed by atoms with Crippen molar-refractivity contribution in [2.75, 3.05) is 26.2 Å². The number of rotatable bonds is 3. The molecule has 4 nitrogen and oxygen atoms in total. The molecule has 1 saturated carbocycles. The molecule has 1 aliphatic carbocycles. The van der Waals surface area contributed by atoms with Crippen LogP contribution in [0.15, 0.2) is 0 Å². The Balaban J connectivity index is 1.77. The first-order valence-corrected chi connectivity index (χ1v) is 6.64. The van der Waals surface area contributed by atoms with Gasteiger partial charge in [-0.2, -0.15) is 0 Å². The molecule has 0 radical (unpaired) electrons. The average molecular weight is 238 g/mol. The van der Waals surface area contributed by atoms with E-state index in [1.807, 2.05) is 9.80 Å². The molecule has 0 aromatic heterocycles. The van der Waals surface area contributed by atoms with Gasteiger partial charge in [-0.05, 0) is 18.8 Å². The molecule has 2 aliphatic rings. The molecule has 1 saturated heterocycles. The summed E-state index contributed by atoms with van der Waals surface area (Å²) in [6.07, 6.45) is 2.74. The Bertz CT molecular complexity index is 303. The predicted octanol–water partition coefficient (Wildman–Crippen LogP) is 1.11. The van der Waals surface area contributed by atoms with Crippen molar-refractivity contribution < 1.29 is 9.59 Å². The third-order valence-corrected chi connectivity index (χ3v) is 3.45. The summed E-state index contributed by atoms with van der Waals surface area (Å²) in [5.74, 6) is 1.25. The number of nitrogens with zero attached hydrogens (tertiary/aromatic N) is 2. The summed E-state index contributed by atoms with van der Waals surface area (Å²) in [6, 6.07) is 0. The van der Waals surface area contributed by atoms with Gasteiger partial charge in [-0.3, -0.25) is 9.59 Å². The van der Waals surface area contributed by atoms with Gasteiger partial charge in [0.05, 0.1) is 0 Å². The number of amides is 2. The van der Waals surface area contributed by atoms with E-state index in [0.29, 0.717) is 37.3 Å². The Morgan fingerprint density at radius 3 is 2.06 bits per heavy atom. The highest BCUT2D eigenvalue weighted by Crippen LogP contribution is 2.31. The Labute approximate surface area is 103 Å². The van der Waals surface area contributed by atoms with Crippen molar-refractivity contribution in [3.8, 4) is 0 Å². The number of carbonyl (C=O) groups is 2. The normalized spacial score (nSPS) is 20.9. The monoisotopic (exact) mass is 238 g/mol. The molecule has 2 fully saturated rings. The van der Waals surface area contributed by atoms with Gasteiger partial charge in [0.25, 0.3) is 0 Å². The Morgan fingerprint density at radius 2 is 1.59 bits per heavy atom. The molecule has 0 unspecified atom stereocenters. The summed E-state index contributed by atoms with van der Waals surface area (Å²) < 4.78 is 0. The minimum atomic E-state index is 0.235. The fourth-order valence-electron chi connectivity index (χ4n) is 2.24. The quantitative estimate of drug-likeness (QED) is 0.739. The van der Waals surface area contributed by atoms with Gasteiger partial charge in [0.1, 0.15) is 0 Å². The van der Waals surface area contributed by atoms with Gasteiger partial charge in [0, 0.05) is 38.5 Å². The summed E-state index contributed by atoms with van der Waals surface area (Å²) in [7, 11) is 0. The van der Waals surface area contributed by atoms with E-state index in [2.05, 4.69) is 13.8 Å². The molecule has 96 valence electrons. The average Bonchev–Trinajstić information content (AvgIpc) is 3.11. The highest BCUT2D eigenvalue weighted by atomic mass is 16.2. The number of carbonyl (C=O) groups excluding carboxylic acids is 2. The number of hydrogen-bond acceptors (Lipinski definition) is 2. The highest BCUT2D eigenvalue weighted by molar-refractivity contribution is 5.81. The molecule has 0 spiro atoms. The van der Waals surface area contributed by atoms with Gasteiger partial charge in [-0.15, -0.1) is 0 Å². The molecule has 1 heterocycles. The van der Waals surface area contributed by atoms with Crippen molar-refractivity contribution >= 4 is 11.8 Å². The second-order valence-electron chi connectivity index (χ2n) is 5.58. The molecule has 0 N–H and O–H groups in total. The second-order valence-corrected chi connectivity index (χ2v) is 5.58. The number of piperazine rings is 1. The van der Waals surface area contributed by atoms with Crippen LogP contribution in [0.5, 0.6) is 0 Å². The summed E-state index contributed by atoms with van der Waals surface area (Å²) in [5, 5.41) is 0. The van der Waals surface area contributed by atoms with Crippen molar-refractivity contribution in [1.82, 2.24) is 9.80 Å². The van der Waals surface area contributed by atoms with E-state index in [1.165, 1.54) is 0 Å². The minimum absolute atomic E-state index is 0.235. The lowest BCUT2D eigenvalue weighted by atomic mass is 10.1. The molecule has 1 aliphatic heterocycles. The van der Waals surface area contributed by atoms with Crippen LogP contribution in [0.3, 0.4) is 0 Å². The molecule has 2 amide bonds. The first-order valence-electron chi connectivity index (χ1n) is 6.64. The van der Waals surface area contributed by atoms with Crippen LogP contribution in [0.4, 0.5) is 0 Å². The van der Waals surface area contributed by atoms with Crippen LogP contribution < -0.4 is 0 Å². The molecular weight excluding hydrogens is 216 g/mol. The fraction of sp³-hybridized carbons (Fsp3) is 0.846. The van der Waals surface area contributed by atoms with Gasteiger partial charge >= 0.3 is 0 Å². The van der Waals surface area contributed by atoms with Gasteiger partial charge in [-0.25, -0.2) is 0 Å². The van der Waals surface area contributed by atoms with E-state index in [9.17, 15) is 9.59 Å². The van der Waals surface area contributed by atoms with Crippen molar-refractivity contribution in [2.24, 2.45) is 11.8 Å². The Hall–Kier alpha value is -1.06. The molecule has 2 rings (SSSR count). The Kier molecular flexibility index (Phi) is 3.69. The van der Waals surface area contributed by atoms with E-state index in [4.69, 9.17) is 0 Å². The van der Waals surface area contributed by atoms with Crippen LogP contribution in [0.2, 0.25) is 0 Å². The lowest BCUT2D eigenvalue weighted by Crippen LogP contribution is -2.51. The van der Waals surface area contributed by atoms with Gasteiger partial charge < -0.3 is 9.80 Å². The van der Waals surface area contributed by atoms with Crippen LogP contribution in [-0.2, 0) is 9.59 Å². The third kappa shape index (κ3) is 3.20. The topological polar surface area (TPSA) is 40.6 Å². The smallest absolute Gasteiger partial charge is 0.225 e. The van der Waals surface area contributed by atoms with Crippen molar-refractivity contribution in [2.45, 2.75) is 33.1 Å². The molecule has 0 atom stereocenters. The van der Waals surface area contributed by atoms with Crippen LogP contribution >= 0.6 is 0 Å². The summed E-state index contributed by atoms with van der Waals surface area (Å²) >= 11 is 0. The summed E-state index contributed by atoms with van der Waals surface area (Å²) in [5.41, 5.74) is 0. The van der Waals surface area contributed by atoms with Crippen molar-refractivity contribution in [1.29, 1.82) is 0 Å². The van der Waals surface area contributed by atoms with Crippen molar-refractivity contribution in [3.63, 3.8) is 0 Å². The molecule has 0 aromatic carbocycles. The van der Waals surface area contributed by atoms with Crippen LogP contribution in [0.1, 0.15) is 33.1 Å². The summed E-state index contributed by atoms with van der Waals surface area (Å²) in [6.45, 7) is 6.99. The van der Waals surface area contributed by atoms with Gasteiger partial charge in [-0.1, -0.05) is 13.8 Å². The maximum atomic E-state index is 11.9. The zero-order chi connectivity index (χ0) is 12.4. The maximum Gasteiger partial charge on any atom is 0.225 e. The maximum absolute atomic E-state index is 11.9. The van der Waals surface area contributed by atoms with Crippen molar-refractivity contribution in [3.05, 3.63) is 0 Å². The number of hydrogen-bond donors (Lipinski definition) is 0. The lowest BCUT2D eigenvalue weighted by Gasteiger charge is -2.35. The van der Waals surface area contributed by atoms with E-state index in [-0.39, 0.29) is 5.91 Å². The molecule has 17 heavy (non-hydrogen) atoms. The van der Waals surface area contributed by atoms with Gasteiger partial charge in [0.2, 0.25) is 11.8 Å². The Morgan fingerprint density at radius 1 is 1.06 bits per heavy atom. The molecular formula is C13H22N2O2. The standard InChI is InChI=1S/C13H22N2O2/c1-10(2)9-12(16)14-5-7-15(8-6-14)13(17)11-3-4-11/h10-11H,3-9H2,1-2H3. The second kappa shape index (κ2) is 5.07. The first-order chi connectivity index (χ1) is 8.08. The van der Waals surface area contributed by atoms with Gasteiger partial charge in [0.15, 0.2) is 0 Å². The molecule has 4 heteroatoms. The van der Waals surface area contributed by atoms with Crippen LogP contribution in [-0.4, -0.2) is 47.8 Å². The third-order valence-electron chi connectivity index (χ3n) is 3.45.